The molecule has 0 radical (unpaired) electrons. The lowest BCUT2D eigenvalue weighted by molar-refractivity contribution is -0.216. The molecule has 0 aromatic rings. The van der Waals surface area contributed by atoms with Crippen LogP contribution in [0.25, 0.3) is 0 Å². The second kappa shape index (κ2) is 37.3. The van der Waals surface area contributed by atoms with Crippen molar-refractivity contribution in [3.8, 4) is 0 Å². The number of aliphatic hydroxyl groups is 5. The number of unbranched alkanes of at least 4 members (excludes halogenated alkanes) is 11. The number of aliphatic hydroxyl groups excluding tert-OH is 5. The van der Waals surface area contributed by atoms with Gasteiger partial charge < -0.3 is 49.7 Å². The number of carbonyl (C=O) groups is 2. The number of ether oxygens (including phenoxy) is 2. The first-order valence-electron chi connectivity index (χ1n) is 23.6. The van der Waals surface area contributed by atoms with Gasteiger partial charge in [-0.05, 0) is 64.2 Å². The van der Waals surface area contributed by atoms with Crippen LogP contribution in [0.5, 0.6) is 0 Å². The first-order chi connectivity index (χ1) is 31.5. The molecule has 6 unspecified atom stereocenters. The molecule has 1 aliphatic carbocycles. The molecule has 0 aromatic heterocycles. The van der Waals surface area contributed by atoms with Gasteiger partial charge in [-0.1, -0.05) is 145 Å². The maximum absolute atomic E-state index is 13.0. The molecular weight excluding hydrogens is 898 g/mol. The number of rotatable bonds is 38. The zero-order chi connectivity index (χ0) is 49.1. The molecule has 0 amide bonds. The molecular formula is C47H80O17P2. The Morgan fingerprint density at radius 3 is 1.77 bits per heavy atom. The highest BCUT2D eigenvalue weighted by atomic mass is 31.2. The van der Waals surface area contributed by atoms with Crippen molar-refractivity contribution in [1.29, 1.82) is 0 Å². The van der Waals surface area contributed by atoms with Gasteiger partial charge in [0.25, 0.3) is 0 Å². The molecule has 19 heteroatoms. The Hall–Kier alpha value is -2.60. The lowest BCUT2D eigenvalue weighted by Crippen LogP contribution is -2.64. The van der Waals surface area contributed by atoms with Crippen molar-refractivity contribution in [2.75, 3.05) is 13.2 Å². The maximum Gasteiger partial charge on any atom is 0.472 e. The van der Waals surface area contributed by atoms with E-state index in [1.54, 1.807) is 6.08 Å². The highest BCUT2D eigenvalue weighted by Crippen LogP contribution is 2.49. The van der Waals surface area contributed by atoms with Gasteiger partial charge in [-0.2, -0.15) is 0 Å². The largest absolute Gasteiger partial charge is 0.472 e. The molecule has 0 spiro atoms. The van der Waals surface area contributed by atoms with Crippen molar-refractivity contribution in [2.45, 2.75) is 198 Å². The molecule has 17 nitrogen and oxygen atoms in total. The molecule has 0 aromatic carbocycles. The Morgan fingerprint density at radius 2 is 1.12 bits per heavy atom. The number of carbonyl (C=O) groups excluding carboxylic acids is 2. The summed E-state index contributed by atoms with van der Waals surface area (Å²) < 4.78 is 49.2. The van der Waals surface area contributed by atoms with Crippen LogP contribution >= 0.6 is 15.6 Å². The van der Waals surface area contributed by atoms with E-state index in [0.29, 0.717) is 32.1 Å². The van der Waals surface area contributed by atoms with Crippen LogP contribution in [0.2, 0.25) is 0 Å². The lowest BCUT2D eigenvalue weighted by atomic mass is 9.85. The fourth-order valence-electron chi connectivity index (χ4n) is 6.70. The summed E-state index contributed by atoms with van der Waals surface area (Å²) in [5, 5.41) is 51.4. The van der Waals surface area contributed by atoms with Crippen molar-refractivity contribution in [3.63, 3.8) is 0 Å². The lowest BCUT2D eigenvalue weighted by Gasteiger charge is -2.43. The Kier molecular flexibility index (Phi) is 34.7. The molecule has 8 N–H and O–H groups in total. The molecule has 1 saturated carbocycles. The number of hydrogen-bond acceptors (Lipinski definition) is 14. The summed E-state index contributed by atoms with van der Waals surface area (Å²) in [6.07, 6.45) is 26.0. The zero-order valence-electron chi connectivity index (χ0n) is 39.0. The fraction of sp³-hybridized carbons (Fsp3) is 0.702. The Morgan fingerprint density at radius 1 is 0.576 bits per heavy atom. The monoisotopic (exact) mass is 978 g/mol. The van der Waals surface area contributed by atoms with Gasteiger partial charge in [0.05, 0.1) is 12.7 Å². The van der Waals surface area contributed by atoms with Gasteiger partial charge in [-0.25, -0.2) is 9.13 Å². The van der Waals surface area contributed by atoms with Crippen LogP contribution < -0.4 is 0 Å². The van der Waals surface area contributed by atoms with Crippen molar-refractivity contribution in [1.82, 2.24) is 0 Å². The predicted molar refractivity (Wildman–Crippen MR) is 252 cm³/mol. The quantitative estimate of drug-likeness (QED) is 0.00963. The van der Waals surface area contributed by atoms with Gasteiger partial charge in [0, 0.05) is 12.8 Å². The number of esters is 2. The second-order valence-electron chi connectivity index (χ2n) is 16.3. The first-order valence-corrected chi connectivity index (χ1v) is 26.6. The highest BCUT2D eigenvalue weighted by molar-refractivity contribution is 7.47. The molecule has 0 bridgehead atoms. The molecule has 1 fully saturated rings. The van der Waals surface area contributed by atoms with E-state index in [1.165, 1.54) is 38.5 Å². The molecule has 1 rings (SSSR count). The van der Waals surface area contributed by atoms with E-state index >= 15 is 0 Å². The van der Waals surface area contributed by atoms with Crippen LogP contribution in [0, 0.1) is 0 Å². The second-order valence-corrected chi connectivity index (χ2v) is 18.9. The first kappa shape index (κ1) is 61.4. The minimum Gasteiger partial charge on any atom is -0.462 e. The predicted octanol–water partition coefficient (Wildman–Crippen LogP) is 7.81. The Labute approximate surface area is 392 Å². The fourth-order valence-corrected chi connectivity index (χ4v) is 8.23. The van der Waals surface area contributed by atoms with E-state index in [0.717, 1.165) is 51.4 Å². The maximum atomic E-state index is 13.0. The zero-order valence-corrected chi connectivity index (χ0v) is 40.7. The average Bonchev–Trinajstić information content (AvgIpc) is 3.27. The highest BCUT2D eigenvalue weighted by Gasteiger charge is 2.54. The van der Waals surface area contributed by atoms with Crippen molar-refractivity contribution in [3.05, 3.63) is 72.9 Å². The molecule has 66 heavy (non-hydrogen) atoms. The average molecular weight is 979 g/mol. The third-order valence-electron chi connectivity index (χ3n) is 10.4. The van der Waals surface area contributed by atoms with Crippen LogP contribution in [-0.4, -0.2) is 114 Å². The number of phosphoric acid groups is 2. The molecule has 0 heterocycles. The summed E-state index contributed by atoms with van der Waals surface area (Å²) >= 11 is 0. The normalized spacial score (nSPS) is 22.6. The molecule has 380 valence electrons. The van der Waals surface area contributed by atoms with Gasteiger partial charge in [-0.3, -0.25) is 23.2 Å². The van der Waals surface area contributed by atoms with Crippen LogP contribution in [0.1, 0.15) is 149 Å². The van der Waals surface area contributed by atoms with E-state index in [2.05, 4.69) is 54.8 Å². The van der Waals surface area contributed by atoms with Crippen LogP contribution in [0.15, 0.2) is 72.9 Å². The molecule has 0 aliphatic heterocycles. The Bertz CT molecular complexity index is 1570. The number of hydrogen-bond donors (Lipinski definition) is 8. The summed E-state index contributed by atoms with van der Waals surface area (Å²) in [6.45, 7) is 2.84. The number of phosphoric ester groups is 2. The summed E-state index contributed by atoms with van der Waals surface area (Å²) in [5.41, 5.74) is 0. The Balaban J connectivity index is 2.67. The third kappa shape index (κ3) is 31.4. The third-order valence-corrected chi connectivity index (χ3v) is 11.9. The summed E-state index contributed by atoms with van der Waals surface area (Å²) in [6, 6.07) is 0. The van der Waals surface area contributed by atoms with Crippen LogP contribution in [0.4, 0.5) is 0 Å². The molecule has 1 aliphatic rings. The minimum atomic E-state index is -5.38. The van der Waals surface area contributed by atoms with Gasteiger partial charge >= 0.3 is 27.6 Å². The van der Waals surface area contributed by atoms with Gasteiger partial charge in [0.2, 0.25) is 0 Å². The molecule has 0 saturated heterocycles. The van der Waals surface area contributed by atoms with Crippen molar-refractivity contribution >= 4 is 27.6 Å². The minimum absolute atomic E-state index is 0.0369. The summed E-state index contributed by atoms with van der Waals surface area (Å²) in [5.74, 6) is -1.35. The van der Waals surface area contributed by atoms with Crippen molar-refractivity contribution in [2.24, 2.45) is 0 Å². The summed E-state index contributed by atoms with van der Waals surface area (Å²) in [4.78, 5) is 54.2. The van der Waals surface area contributed by atoms with E-state index in [-0.39, 0.29) is 12.8 Å². The van der Waals surface area contributed by atoms with Crippen LogP contribution in [0.3, 0.4) is 0 Å². The van der Waals surface area contributed by atoms with Gasteiger partial charge in [-0.15, -0.1) is 0 Å². The van der Waals surface area contributed by atoms with E-state index < -0.39 is 89.6 Å². The van der Waals surface area contributed by atoms with E-state index in [1.807, 2.05) is 30.4 Å². The van der Waals surface area contributed by atoms with E-state index in [4.69, 9.17) is 18.5 Å². The standard InChI is InChI=1S/C47H80O17P2/c1-3-5-7-9-11-12-13-14-15-16-17-18-19-20-22-26-31-35-41(50)62-39(36-60-40(49)34-30-27-23-25-29-33-38(48)32-28-24-21-10-8-6-4-2)37-61-66(58,59)64-47-44(53)42(51)43(52)46(45(47)54)63-65(55,56)57/h6,8,14-15,17-18,20-22,24,28,32,38-39,42-48,51-54H,3-5,7,9-13,16,19,23,25-27,29-31,33-37H2,1-2H3,(H,58,59)(H2,55,56,57)/b8-6+,15-14-,18-17-,22-20-,24-21+,32-28+/t38?,39-,42?,43?,44?,45?,46-,47+/m1/s1. The summed E-state index contributed by atoms with van der Waals surface area (Å²) in [7, 11) is -10.7. The van der Waals surface area contributed by atoms with E-state index in [9.17, 15) is 58.9 Å². The van der Waals surface area contributed by atoms with Crippen molar-refractivity contribution < 1.29 is 82.0 Å². The number of allylic oxidation sites excluding steroid dienone is 11. The topological polar surface area (TPSA) is 276 Å². The SMILES string of the molecule is CC/C=C/C/C=C/C=C/C(O)CCCCCCCC(=O)OC[C@H](COP(=O)(O)O[C@H]1C(O)C(O)C(O)[C@@H](OP(=O)(O)O)C1O)OC(=O)CCC/C=C\C/C=C\C/C=C\CCCCCCCC. The van der Waals surface area contributed by atoms with Crippen LogP contribution in [-0.2, 0) is 41.8 Å². The van der Waals surface area contributed by atoms with Gasteiger partial charge in [0.1, 0.15) is 43.2 Å². The molecule has 9 atom stereocenters. The smallest absolute Gasteiger partial charge is 0.462 e. The van der Waals surface area contributed by atoms with Gasteiger partial charge in [0.15, 0.2) is 6.10 Å².